The molecule has 0 amide bonds. The van der Waals surface area contributed by atoms with Crippen LogP contribution in [0.25, 0.3) is 5.69 Å². The predicted molar refractivity (Wildman–Crippen MR) is 197 cm³/mol. The summed E-state index contributed by atoms with van der Waals surface area (Å²) in [7, 11) is 8.32. The largest absolute Gasteiger partial charge is 0.491 e. The van der Waals surface area contributed by atoms with E-state index in [9.17, 15) is 0 Å². The highest BCUT2D eigenvalue weighted by Crippen LogP contribution is 2.36. The molecule has 3 aromatic rings. The summed E-state index contributed by atoms with van der Waals surface area (Å²) >= 11 is 0. The first-order chi connectivity index (χ1) is 24.5. The van der Waals surface area contributed by atoms with Crippen LogP contribution in [0.1, 0.15) is 85.7 Å². The van der Waals surface area contributed by atoms with Crippen molar-refractivity contribution in [1.82, 2.24) is 40.4 Å². The molecule has 12 heteroatoms. The molecule has 2 fully saturated rings. The van der Waals surface area contributed by atoms with Gasteiger partial charge in [0, 0.05) is 74.1 Å². The average Bonchev–Trinajstić information content (AvgIpc) is 3.78. The predicted octanol–water partition coefficient (Wildman–Crippen LogP) is 4.05. The normalized spacial score (nSPS) is 21.3. The van der Waals surface area contributed by atoms with E-state index in [0.717, 1.165) is 102 Å². The van der Waals surface area contributed by atoms with Crippen LogP contribution in [-0.2, 0) is 22.6 Å². The Morgan fingerprint density at radius 1 is 0.800 bits per heavy atom. The molecule has 1 aromatic carbocycles. The van der Waals surface area contributed by atoms with Gasteiger partial charge in [-0.3, -0.25) is 5.10 Å². The van der Waals surface area contributed by atoms with Crippen molar-refractivity contribution in [2.75, 3.05) is 80.8 Å². The van der Waals surface area contributed by atoms with Crippen LogP contribution in [0, 0.1) is 0 Å². The molecule has 2 aliphatic carbocycles. The number of hydrogen-bond donors (Lipinski definition) is 4. The fourth-order valence-electron chi connectivity index (χ4n) is 7.48. The van der Waals surface area contributed by atoms with Gasteiger partial charge in [0.15, 0.2) is 0 Å². The summed E-state index contributed by atoms with van der Waals surface area (Å²) < 4.78 is 20.2. The van der Waals surface area contributed by atoms with Gasteiger partial charge in [0.05, 0.1) is 49.6 Å². The van der Waals surface area contributed by atoms with Gasteiger partial charge in [-0.15, -0.1) is 0 Å². The number of rotatable bonds is 21. The fourth-order valence-corrected chi connectivity index (χ4v) is 7.48. The Kier molecular flexibility index (Phi) is 15.6. The Balaban J connectivity index is 1.08. The van der Waals surface area contributed by atoms with Crippen LogP contribution in [0.15, 0.2) is 36.7 Å². The molecule has 0 saturated heterocycles. The minimum atomic E-state index is 0.0804. The molecule has 2 aromatic heterocycles. The Labute approximate surface area is 299 Å². The van der Waals surface area contributed by atoms with Crippen molar-refractivity contribution in [3.63, 3.8) is 0 Å². The zero-order chi connectivity index (χ0) is 35.1. The van der Waals surface area contributed by atoms with Crippen molar-refractivity contribution in [3.05, 3.63) is 59.2 Å². The molecule has 278 valence electrons. The lowest BCUT2D eigenvalue weighted by Gasteiger charge is -2.29. The summed E-state index contributed by atoms with van der Waals surface area (Å²) in [5.74, 6) is 1.78. The van der Waals surface area contributed by atoms with Crippen molar-refractivity contribution < 1.29 is 19.3 Å². The Bertz CT molecular complexity index is 1370. The Morgan fingerprint density at radius 3 is 2.02 bits per heavy atom. The molecule has 12 nitrogen and oxygen atoms in total. The second-order valence-electron chi connectivity index (χ2n) is 14.2. The topological polar surface area (TPSA) is 125 Å². The van der Waals surface area contributed by atoms with Crippen molar-refractivity contribution in [2.45, 2.75) is 88.5 Å². The van der Waals surface area contributed by atoms with Crippen LogP contribution in [0.3, 0.4) is 0 Å². The number of benzene rings is 1. The number of hydrogen-bond acceptors (Lipinski definition) is 10. The van der Waals surface area contributed by atoms with Gasteiger partial charge >= 0.3 is 0 Å². The number of ether oxygens (including phenoxy) is 3. The highest BCUT2D eigenvalue weighted by atomic mass is 16.5. The number of aliphatic hydroxyl groups excluding tert-OH is 1. The summed E-state index contributed by atoms with van der Waals surface area (Å²) in [5, 5.41) is 28.5. The van der Waals surface area contributed by atoms with Crippen LogP contribution in [0.5, 0.6) is 5.75 Å². The molecule has 4 N–H and O–H groups in total. The van der Waals surface area contributed by atoms with Crippen molar-refractivity contribution in [1.29, 1.82) is 0 Å². The highest BCUT2D eigenvalue weighted by molar-refractivity contribution is 5.38. The molecule has 0 aliphatic heterocycles. The number of aliphatic hydroxyl groups is 1. The highest BCUT2D eigenvalue weighted by Gasteiger charge is 2.28. The first-order valence-electron chi connectivity index (χ1n) is 18.8. The van der Waals surface area contributed by atoms with E-state index in [1.54, 1.807) is 0 Å². The van der Waals surface area contributed by atoms with E-state index in [2.05, 4.69) is 63.1 Å². The lowest BCUT2D eigenvalue weighted by Crippen LogP contribution is -2.27. The van der Waals surface area contributed by atoms with Gasteiger partial charge in [-0.1, -0.05) is 0 Å². The molecule has 0 spiro atoms. The molecule has 0 radical (unpaired) electrons. The second-order valence-corrected chi connectivity index (χ2v) is 14.2. The van der Waals surface area contributed by atoms with E-state index in [0.29, 0.717) is 31.7 Å². The molecule has 2 saturated carbocycles. The van der Waals surface area contributed by atoms with Gasteiger partial charge in [0.25, 0.3) is 0 Å². The van der Waals surface area contributed by atoms with E-state index in [-0.39, 0.29) is 18.8 Å². The average molecular weight is 695 g/mol. The lowest BCUT2D eigenvalue weighted by atomic mass is 9.84. The summed E-state index contributed by atoms with van der Waals surface area (Å²) in [6.07, 6.45) is 13.2. The van der Waals surface area contributed by atoms with Gasteiger partial charge in [-0.2, -0.15) is 10.2 Å². The van der Waals surface area contributed by atoms with Crippen LogP contribution in [0.2, 0.25) is 0 Å². The van der Waals surface area contributed by atoms with E-state index in [4.69, 9.17) is 24.4 Å². The minimum Gasteiger partial charge on any atom is -0.491 e. The van der Waals surface area contributed by atoms with Crippen molar-refractivity contribution in [2.24, 2.45) is 0 Å². The minimum absolute atomic E-state index is 0.0804. The van der Waals surface area contributed by atoms with Crippen LogP contribution >= 0.6 is 0 Å². The van der Waals surface area contributed by atoms with Crippen molar-refractivity contribution >= 4 is 0 Å². The summed E-state index contributed by atoms with van der Waals surface area (Å²) in [4.78, 5) is 4.69. The molecule has 0 atom stereocenters. The van der Waals surface area contributed by atoms with E-state index in [1.807, 2.05) is 37.1 Å². The monoisotopic (exact) mass is 694 g/mol. The third-order valence-electron chi connectivity index (χ3n) is 10.3. The maximum absolute atomic E-state index is 9.15. The number of likely N-dealkylation sites (N-methyl/N-ethyl adjacent to an activating group) is 4. The molecule has 50 heavy (non-hydrogen) atoms. The molecule has 5 rings (SSSR count). The fraction of sp³-hybridized carbons (Fsp3) is 0.684. The SMILES string of the molecule is CNCCN(C)Cc1cn(-c2ccc(OCCOC3CCC(c4[nH]ncc4CN(C)CCNC)CC3)cc2)nc1C1CCC(OCCO)CC1. The number of nitrogens with zero attached hydrogens (tertiary/aromatic N) is 5. The maximum atomic E-state index is 9.15. The Morgan fingerprint density at radius 2 is 1.40 bits per heavy atom. The number of aromatic nitrogens is 4. The first kappa shape index (κ1) is 38.4. The van der Waals surface area contributed by atoms with Crippen LogP contribution < -0.4 is 15.4 Å². The summed E-state index contributed by atoms with van der Waals surface area (Å²) in [6, 6.07) is 8.24. The number of H-pyrrole nitrogens is 1. The van der Waals surface area contributed by atoms with Gasteiger partial charge < -0.3 is 39.8 Å². The molecule has 2 heterocycles. The van der Waals surface area contributed by atoms with E-state index < -0.39 is 0 Å². The standard InChI is InChI=1S/C38H62N8O4/c1-39-17-19-44(3)26-31-25-41-42-37(31)29-5-11-35(12-6-29)49-23-24-50-36-15-9-33(10-16-36)46-28-32(27-45(4)20-18-40-2)38(43-46)30-7-13-34(14-8-30)48-22-21-47/h9-10,15-16,25,28-30,34-35,39-40,47H,5-8,11-14,17-24,26-27H2,1-4H3,(H,41,42). The zero-order valence-electron chi connectivity index (χ0n) is 30.9. The van der Waals surface area contributed by atoms with Gasteiger partial charge in [-0.25, -0.2) is 4.68 Å². The number of nitrogens with one attached hydrogen (secondary N) is 3. The molecule has 0 unspecified atom stereocenters. The quantitative estimate of drug-likeness (QED) is 0.122. The van der Waals surface area contributed by atoms with E-state index in [1.165, 1.54) is 22.5 Å². The van der Waals surface area contributed by atoms with Crippen LogP contribution in [-0.4, -0.2) is 128 Å². The lowest BCUT2D eigenvalue weighted by molar-refractivity contribution is 0.00553. The Hall–Kier alpha value is -2.84. The maximum Gasteiger partial charge on any atom is 0.119 e. The third kappa shape index (κ3) is 11.3. The van der Waals surface area contributed by atoms with Gasteiger partial charge in [-0.05, 0) is 104 Å². The van der Waals surface area contributed by atoms with E-state index >= 15 is 0 Å². The second kappa shape index (κ2) is 20.3. The number of aromatic amines is 1. The molecule has 2 aliphatic rings. The zero-order valence-corrected chi connectivity index (χ0v) is 30.9. The summed E-state index contributed by atoms with van der Waals surface area (Å²) in [5.41, 5.74) is 6.13. The van der Waals surface area contributed by atoms with Crippen LogP contribution in [0.4, 0.5) is 0 Å². The molecular weight excluding hydrogens is 632 g/mol. The third-order valence-corrected chi connectivity index (χ3v) is 10.3. The molecule has 0 bridgehead atoms. The van der Waals surface area contributed by atoms with Gasteiger partial charge in [0.2, 0.25) is 0 Å². The smallest absolute Gasteiger partial charge is 0.119 e. The van der Waals surface area contributed by atoms with Gasteiger partial charge in [0.1, 0.15) is 12.4 Å². The molecular formula is C38H62N8O4. The van der Waals surface area contributed by atoms with Crippen molar-refractivity contribution in [3.8, 4) is 11.4 Å². The first-order valence-corrected chi connectivity index (χ1v) is 18.8. The summed E-state index contributed by atoms with van der Waals surface area (Å²) in [6.45, 7) is 7.32.